The molecule has 1 aromatic carbocycles. The summed E-state index contributed by atoms with van der Waals surface area (Å²) < 4.78 is 5.61. The molecule has 2 N–H and O–H groups in total. The van der Waals surface area contributed by atoms with Gasteiger partial charge in [0.1, 0.15) is 5.75 Å². The summed E-state index contributed by atoms with van der Waals surface area (Å²) in [5.41, 5.74) is -1.11. The number of benzene rings is 1. The summed E-state index contributed by atoms with van der Waals surface area (Å²) in [6.45, 7) is 5.28. The van der Waals surface area contributed by atoms with Gasteiger partial charge in [0.25, 0.3) is 17.4 Å². The zero-order valence-corrected chi connectivity index (χ0v) is 12.4. The number of fused-ring (bicyclic) bond motifs is 1. The smallest absolute Gasteiger partial charge is 0.278 e. The molecule has 2 amide bonds. The van der Waals surface area contributed by atoms with Gasteiger partial charge in [-0.25, -0.2) is 0 Å². The van der Waals surface area contributed by atoms with Gasteiger partial charge in [-0.1, -0.05) is 18.5 Å². The van der Waals surface area contributed by atoms with Crippen LogP contribution < -0.4 is 15.4 Å². The number of ether oxygens (including phenoxy) is 1. The molecule has 5 nitrogen and oxygen atoms in total. The average Bonchev–Trinajstić information content (AvgIpc) is 2.40. The first-order valence-electron chi connectivity index (χ1n) is 6.47. The van der Waals surface area contributed by atoms with E-state index in [9.17, 15) is 9.59 Å². The highest BCUT2D eigenvalue weighted by atomic mass is 35.5. The second-order valence-electron chi connectivity index (χ2n) is 5.01. The van der Waals surface area contributed by atoms with E-state index in [4.69, 9.17) is 16.3 Å². The molecule has 0 aromatic heterocycles. The van der Waals surface area contributed by atoms with Crippen molar-refractivity contribution < 1.29 is 14.3 Å². The number of anilines is 1. The minimum Gasteiger partial charge on any atom is -0.466 e. The standard InChI is InChI=1S/C14H17ClN2O3/c1-4-8(2)16-12(18)14(3)13(19)17-10-7-9(15)5-6-11(10)20-14/h5-8H,4H2,1-3H3,(H,16,18)(H,17,19). The van der Waals surface area contributed by atoms with Crippen molar-refractivity contribution in [2.75, 3.05) is 5.32 Å². The summed E-state index contributed by atoms with van der Waals surface area (Å²) in [4.78, 5) is 24.4. The lowest BCUT2D eigenvalue weighted by atomic mass is 10.0. The molecule has 0 aliphatic carbocycles. The SMILES string of the molecule is CCC(C)NC(=O)C1(C)Oc2ccc(Cl)cc2NC1=O. The van der Waals surface area contributed by atoms with E-state index >= 15 is 0 Å². The van der Waals surface area contributed by atoms with Gasteiger partial charge in [0, 0.05) is 11.1 Å². The van der Waals surface area contributed by atoms with E-state index < -0.39 is 17.4 Å². The first-order chi connectivity index (χ1) is 9.36. The molecule has 108 valence electrons. The third-order valence-electron chi connectivity index (χ3n) is 3.36. The van der Waals surface area contributed by atoms with Crippen molar-refractivity contribution in [2.24, 2.45) is 0 Å². The number of hydrogen-bond acceptors (Lipinski definition) is 3. The van der Waals surface area contributed by atoms with Crippen LogP contribution in [-0.4, -0.2) is 23.5 Å². The number of amides is 2. The van der Waals surface area contributed by atoms with Gasteiger partial charge in [0.2, 0.25) is 0 Å². The Bertz CT molecular complexity index is 561. The van der Waals surface area contributed by atoms with Crippen LogP contribution in [0.1, 0.15) is 27.2 Å². The lowest BCUT2D eigenvalue weighted by Crippen LogP contribution is -2.59. The van der Waals surface area contributed by atoms with Gasteiger partial charge in [-0.05, 0) is 38.5 Å². The molecule has 0 spiro atoms. The van der Waals surface area contributed by atoms with Crippen molar-refractivity contribution in [3.8, 4) is 5.75 Å². The van der Waals surface area contributed by atoms with Crippen LogP contribution in [0.4, 0.5) is 5.69 Å². The van der Waals surface area contributed by atoms with Gasteiger partial charge >= 0.3 is 0 Å². The Morgan fingerprint density at radius 2 is 2.25 bits per heavy atom. The number of carbonyl (C=O) groups excluding carboxylic acids is 2. The predicted molar refractivity (Wildman–Crippen MR) is 77.0 cm³/mol. The third-order valence-corrected chi connectivity index (χ3v) is 3.60. The lowest BCUT2D eigenvalue weighted by Gasteiger charge is -2.34. The van der Waals surface area contributed by atoms with E-state index in [0.29, 0.717) is 16.5 Å². The summed E-state index contributed by atoms with van der Waals surface area (Å²) in [6.07, 6.45) is 0.773. The van der Waals surface area contributed by atoms with Gasteiger partial charge in [0.15, 0.2) is 0 Å². The molecule has 0 saturated heterocycles. The van der Waals surface area contributed by atoms with E-state index in [1.807, 2.05) is 13.8 Å². The molecule has 20 heavy (non-hydrogen) atoms. The average molecular weight is 297 g/mol. The maximum absolute atomic E-state index is 12.3. The van der Waals surface area contributed by atoms with Gasteiger partial charge in [-0.15, -0.1) is 0 Å². The van der Waals surface area contributed by atoms with Gasteiger partial charge in [0.05, 0.1) is 5.69 Å². The summed E-state index contributed by atoms with van der Waals surface area (Å²) in [5, 5.41) is 5.90. The Morgan fingerprint density at radius 3 is 2.90 bits per heavy atom. The Kier molecular flexibility index (Phi) is 3.90. The molecule has 1 aromatic rings. The van der Waals surface area contributed by atoms with Crippen molar-refractivity contribution in [3.05, 3.63) is 23.2 Å². The predicted octanol–water partition coefficient (Wildman–Crippen LogP) is 2.34. The Labute approximate surface area is 122 Å². The fourth-order valence-electron chi connectivity index (χ4n) is 1.81. The Morgan fingerprint density at radius 1 is 1.55 bits per heavy atom. The Balaban J connectivity index is 2.27. The van der Waals surface area contributed by atoms with Crippen LogP contribution in [0.5, 0.6) is 5.75 Å². The zero-order valence-electron chi connectivity index (χ0n) is 11.6. The number of halogens is 1. The molecule has 2 unspecified atom stereocenters. The highest BCUT2D eigenvalue weighted by Crippen LogP contribution is 2.35. The molecule has 1 heterocycles. The lowest BCUT2D eigenvalue weighted by molar-refractivity contribution is -0.147. The van der Waals surface area contributed by atoms with Crippen LogP contribution in [-0.2, 0) is 9.59 Å². The van der Waals surface area contributed by atoms with Crippen LogP contribution >= 0.6 is 11.6 Å². The summed E-state index contributed by atoms with van der Waals surface area (Å²) in [7, 11) is 0. The van der Waals surface area contributed by atoms with Crippen LogP contribution in [0.25, 0.3) is 0 Å². The maximum Gasteiger partial charge on any atom is 0.278 e. The van der Waals surface area contributed by atoms with Gasteiger partial charge < -0.3 is 15.4 Å². The minimum absolute atomic E-state index is 0.0256. The fourth-order valence-corrected chi connectivity index (χ4v) is 1.98. The van der Waals surface area contributed by atoms with E-state index in [1.54, 1.807) is 18.2 Å². The quantitative estimate of drug-likeness (QED) is 0.841. The van der Waals surface area contributed by atoms with Crippen molar-refractivity contribution in [1.82, 2.24) is 5.32 Å². The molecule has 0 bridgehead atoms. The molecule has 2 atom stereocenters. The van der Waals surface area contributed by atoms with Crippen LogP contribution in [0.3, 0.4) is 0 Å². The van der Waals surface area contributed by atoms with E-state index in [-0.39, 0.29) is 6.04 Å². The normalized spacial score (nSPS) is 22.3. The number of carbonyl (C=O) groups is 2. The van der Waals surface area contributed by atoms with Crippen LogP contribution in [0, 0.1) is 0 Å². The van der Waals surface area contributed by atoms with Crippen molar-refractivity contribution in [1.29, 1.82) is 0 Å². The van der Waals surface area contributed by atoms with Gasteiger partial charge in [-0.2, -0.15) is 0 Å². The van der Waals surface area contributed by atoms with Crippen molar-refractivity contribution >= 4 is 29.1 Å². The topological polar surface area (TPSA) is 67.4 Å². The first-order valence-corrected chi connectivity index (χ1v) is 6.85. The van der Waals surface area contributed by atoms with E-state index in [2.05, 4.69) is 10.6 Å². The van der Waals surface area contributed by atoms with Crippen molar-refractivity contribution in [3.63, 3.8) is 0 Å². The number of hydrogen-bond donors (Lipinski definition) is 2. The monoisotopic (exact) mass is 296 g/mol. The molecule has 1 aliphatic rings. The number of nitrogens with one attached hydrogen (secondary N) is 2. The first kappa shape index (κ1) is 14.7. The molecule has 0 saturated carbocycles. The molecule has 0 radical (unpaired) electrons. The third kappa shape index (κ3) is 2.58. The summed E-state index contributed by atoms with van der Waals surface area (Å²) in [5.74, 6) is -0.533. The van der Waals surface area contributed by atoms with Crippen LogP contribution in [0.2, 0.25) is 5.02 Å². The Hall–Kier alpha value is -1.75. The largest absolute Gasteiger partial charge is 0.466 e. The summed E-state index contributed by atoms with van der Waals surface area (Å²) in [6, 6.07) is 4.83. The molecule has 6 heteroatoms. The number of rotatable bonds is 3. The van der Waals surface area contributed by atoms with Crippen LogP contribution in [0.15, 0.2) is 18.2 Å². The minimum atomic E-state index is -1.58. The fraction of sp³-hybridized carbons (Fsp3) is 0.429. The second kappa shape index (κ2) is 5.32. The molecule has 2 rings (SSSR count). The van der Waals surface area contributed by atoms with E-state index in [0.717, 1.165) is 6.42 Å². The molecule has 0 fully saturated rings. The molecular formula is C14H17ClN2O3. The van der Waals surface area contributed by atoms with E-state index in [1.165, 1.54) is 6.92 Å². The van der Waals surface area contributed by atoms with Gasteiger partial charge in [-0.3, -0.25) is 9.59 Å². The summed E-state index contributed by atoms with van der Waals surface area (Å²) >= 11 is 5.86. The highest BCUT2D eigenvalue weighted by Gasteiger charge is 2.47. The second-order valence-corrected chi connectivity index (χ2v) is 5.45. The molecule has 1 aliphatic heterocycles. The maximum atomic E-state index is 12.3. The highest BCUT2D eigenvalue weighted by molar-refractivity contribution is 6.31. The molecular weight excluding hydrogens is 280 g/mol. The zero-order chi connectivity index (χ0) is 14.9. The van der Waals surface area contributed by atoms with Crippen molar-refractivity contribution in [2.45, 2.75) is 38.8 Å².